The third kappa shape index (κ3) is 2.64. The lowest BCUT2D eigenvalue weighted by Gasteiger charge is -2.07. The van der Waals surface area contributed by atoms with Gasteiger partial charge in [-0.2, -0.15) is 0 Å². The normalized spacial score (nSPS) is 10.6. The van der Waals surface area contributed by atoms with Crippen LogP contribution in [0.4, 0.5) is 14.5 Å². The highest BCUT2D eigenvalue weighted by atomic mass is 32.2. The standard InChI is InChI=1S/C14H13F2NS/c1-2-18-11-5-3-4-9(6-11)10-7-12(15)14(17)13(16)8-10/h3-8H,2,17H2,1H3. The molecule has 18 heavy (non-hydrogen) atoms. The van der Waals surface area contributed by atoms with Gasteiger partial charge in [0.05, 0.1) is 0 Å². The highest BCUT2D eigenvalue weighted by molar-refractivity contribution is 7.99. The molecule has 0 bridgehead atoms. The van der Waals surface area contributed by atoms with Gasteiger partial charge in [0.15, 0.2) is 0 Å². The number of thioether (sulfide) groups is 1. The predicted octanol–water partition coefficient (Wildman–Crippen LogP) is 4.33. The summed E-state index contributed by atoms with van der Waals surface area (Å²) in [5.41, 5.74) is 6.10. The summed E-state index contributed by atoms with van der Waals surface area (Å²) in [6.07, 6.45) is 0. The van der Waals surface area contributed by atoms with Crippen LogP contribution in [0.1, 0.15) is 6.92 Å². The highest BCUT2D eigenvalue weighted by Gasteiger charge is 2.09. The summed E-state index contributed by atoms with van der Waals surface area (Å²) < 4.78 is 26.8. The SMILES string of the molecule is CCSc1cccc(-c2cc(F)c(N)c(F)c2)c1. The van der Waals surface area contributed by atoms with Gasteiger partial charge in [-0.1, -0.05) is 19.1 Å². The Labute approximate surface area is 109 Å². The van der Waals surface area contributed by atoms with Crippen molar-refractivity contribution >= 4 is 17.4 Å². The molecule has 2 aromatic rings. The first-order valence-corrected chi connectivity index (χ1v) is 6.58. The van der Waals surface area contributed by atoms with Gasteiger partial charge >= 0.3 is 0 Å². The van der Waals surface area contributed by atoms with Gasteiger partial charge in [0.25, 0.3) is 0 Å². The van der Waals surface area contributed by atoms with E-state index in [4.69, 9.17) is 5.73 Å². The molecule has 2 rings (SSSR count). The zero-order valence-corrected chi connectivity index (χ0v) is 10.7. The van der Waals surface area contributed by atoms with Crippen molar-refractivity contribution in [2.75, 3.05) is 11.5 Å². The van der Waals surface area contributed by atoms with Crippen LogP contribution in [0.15, 0.2) is 41.3 Å². The number of anilines is 1. The molecule has 0 heterocycles. The second-order valence-electron chi connectivity index (χ2n) is 3.81. The fraction of sp³-hybridized carbons (Fsp3) is 0.143. The quantitative estimate of drug-likeness (QED) is 0.660. The van der Waals surface area contributed by atoms with Gasteiger partial charge in [-0.15, -0.1) is 11.8 Å². The maximum absolute atomic E-state index is 13.4. The zero-order chi connectivity index (χ0) is 13.1. The number of hydrogen-bond acceptors (Lipinski definition) is 2. The first kappa shape index (κ1) is 12.9. The molecule has 0 aliphatic heterocycles. The first-order chi connectivity index (χ1) is 8.61. The third-order valence-electron chi connectivity index (χ3n) is 2.56. The molecule has 4 heteroatoms. The van der Waals surface area contributed by atoms with Crippen molar-refractivity contribution in [2.24, 2.45) is 0 Å². The van der Waals surface area contributed by atoms with Crippen LogP contribution in [0.3, 0.4) is 0 Å². The van der Waals surface area contributed by atoms with E-state index in [2.05, 4.69) is 6.92 Å². The summed E-state index contributed by atoms with van der Waals surface area (Å²) in [7, 11) is 0. The van der Waals surface area contributed by atoms with Gasteiger partial charge in [0, 0.05) is 4.90 Å². The molecule has 0 aliphatic rings. The zero-order valence-electron chi connectivity index (χ0n) is 9.91. The van der Waals surface area contributed by atoms with Crippen molar-refractivity contribution in [3.05, 3.63) is 48.0 Å². The van der Waals surface area contributed by atoms with Gasteiger partial charge in [-0.3, -0.25) is 0 Å². The van der Waals surface area contributed by atoms with Crippen molar-refractivity contribution in [2.45, 2.75) is 11.8 Å². The fourth-order valence-corrected chi connectivity index (χ4v) is 2.40. The summed E-state index contributed by atoms with van der Waals surface area (Å²) in [5, 5.41) is 0. The summed E-state index contributed by atoms with van der Waals surface area (Å²) in [4.78, 5) is 1.08. The van der Waals surface area contributed by atoms with Crippen molar-refractivity contribution in [1.29, 1.82) is 0 Å². The molecule has 0 saturated carbocycles. The Hall–Kier alpha value is -1.55. The van der Waals surface area contributed by atoms with Gasteiger partial charge in [0.2, 0.25) is 0 Å². The molecule has 2 aromatic carbocycles. The maximum Gasteiger partial charge on any atom is 0.149 e. The van der Waals surface area contributed by atoms with E-state index in [1.807, 2.05) is 24.3 Å². The molecule has 0 fully saturated rings. The van der Waals surface area contributed by atoms with E-state index in [-0.39, 0.29) is 0 Å². The Bertz CT molecular complexity index is 546. The average Bonchev–Trinajstić information content (AvgIpc) is 2.36. The molecule has 2 N–H and O–H groups in total. The third-order valence-corrected chi connectivity index (χ3v) is 3.43. The van der Waals surface area contributed by atoms with Crippen molar-refractivity contribution in [3.8, 4) is 11.1 Å². The maximum atomic E-state index is 13.4. The predicted molar refractivity (Wildman–Crippen MR) is 72.6 cm³/mol. The van der Waals surface area contributed by atoms with Crippen LogP contribution < -0.4 is 5.73 Å². The Morgan fingerprint density at radius 1 is 1.06 bits per heavy atom. The lowest BCUT2D eigenvalue weighted by atomic mass is 10.0. The molecule has 0 unspecified atom stereocenters. The summed E-state index contributed by atoms with van der Waals surface area (Å²) >= 11 is 1.68. The number of nitrogens with two attached hydrogens (primary N) is 1. The van der Waals surface area contributed by atoms with Gasteiger partial charge in [0.1, 0.15) is 17.3 Å². The summed E-state index contributed by atoms with van der Waals surface area (Å²) in [6, 6.07) is 10.1. The van der Waals surface area contributed by atoms with E-state index in [0.717, 1.165) is 16.2 Å². The molecule has 0 atom stereocenters. The molecule has 0 saturated heterocycles. The molecular formula is C14H13F2NS. The highest BCUT2D eigenvalue weighted by Crippen LogP contribution is 2.28. The number of benzene rings is 2. The molecule has 94 valence electrons. The minimum absolute atomic E-state index is 0.433. The van der Waals surface area contributed by atoms with Crippen LogP contribution in [0.5, 0.6) is 0 Å². The van der Waals surface area contributed by atoms with Gasteiger partial charge in [-0.25, -0.2) is 8.78 Å². The van der Waals surface area contributed by atoms with E-state index in [9.17, 15) is 8.78 Å². The molecule has 1 nitrogen and oxygen atoms in total. The van der Waals surface area contributed by atoms with Crippen molar-refractivity contribution in [1.82, 2.24) is 0 Å². The Kier molecular flexibility index (Phi) is 3.87. The van der Waals surface area contributed by atoms with Crippen LogP contribution in [0.25, 0.3) is 11.1 Å². The summed E-state index contributed by atoms with van der Waals surface area (Å²) in [5.74, 6) is -0.495. The minimum atomic E-state index is -0.724. The first-order valence-electron chi connectivity index (χ1n) is 5.59. The molecule has 0 spiro atoms. The fourth-order valence-electron chi connectivity index (χ4n) is 1.68. The molecule has 0 amide bonds. The minimum Gasteiger partial charge on any atom is -0.394 e. The topological polar surface area (TPSA) is 26.0 Å². The Morgan fingerprint density at radius 2 is 1.72 bits per heavy atom. The van der Waals surface area contributed by atoms with Crippen LogP contribution in [0.2, 0.25) is 0 Å². The van der Waals surface area contributed by atoms with Crippen molar-refractivity contribution < 1.29 is 8.78 Å². The second kappa shape index (κ2) is 5.40. The smallest absolute Gasteiger partial charge is 0.149 e. The average molecular weight is 265 g/mol. The summed E-state index contributed by atoms with van der Waals surface area (Å²) in [6.45, 7) is 2.06. The number of rotatable bonds is 3. The second-order valence-corrected chi connectivity index (χ2v) is 5.15. The van der Waals surface area contributed by atoms with E-state index in [1.54, 1.807) is 11.8 Å². The lowest BCUT2D eigenvalue weighted by Crippen LogP contribution is -1.96. The van der Waals surface area contributed by atoms with Gasteiger partial charge < -0.3 is 5.73 Å². The van der Waals surface area contributed by atoms with Crippen molar-refractivity contribution in [3.63, 3.8) is 0 Å². The molecule has 0 aromatic heterocycles. The van der Waals surface area contributed by atoms with Crippen LogP contribution >= 0.6 is 11.8 Å². The van der Waals surface area contributed by atoms with Crippen LogP contribution in [-0.2, 0) is 0 Å². The lowest BCUT2D eigenvalue weighted by molar-refractivity contribution is 0.592. The number of nitrogen functional groups attached to an aromatic ring is 1. The van der Waals surface area contributed by atoms with E-state index >= 15 is 0 Å². The molecule has 0 radical (unpaired) electrons. The van der Waals surface area contributed by atoms with E-state index in [0.29, 0.717) is 5.56 Å². The molecular weight excluding hydrogens is 252 g/mol. The number of hydrogen-bond donors (Lipinski definition) is 1. The number of halogens is 2. The largest absolute Gasteiger partial charge is 0.394 e. The molecule has 0 aliphatic carbocycles. The van der Waals surface area contributed by atoms with E-state index < -0.39 is 17.3 Å². The Balaban J connectivity index is 2.45. The van der Waals surface area contributed by atoms with Crippen LogP contribution in [-0.4, -0.2) is 5.75 Å². The Morgan fingerprint density at radius 3 is 2.33 bits per heavy atom. The monoisotopic (exact) mass is 265 g/mol. The van der Waals surface area contributed by atoms with Crippen LogP contribution in [0, 0.1) is 11.6 Å². The van der Waals surface area contributed by atoms with Gasteiger partial charge in [-0.05, 0) is 41.1 Å². The van der Waals surface area contributed by atoms with E-state index in [1.165, 1.54) is 12.1 Å².